The molecular weight excluding hydrogens is 280 g/mol. The monoisotopic (exact) mass is 302 g/mol. The molecule has 0 aromatic heterocycles. The molecule has 0 aliphatic heterocycles. The van der Waals surface area contributed by atoms with Gasteiger partial charge in [0.2, 0.25) is 5.91 Å². The molecule has 0 bridgehead atoms. The summed E-state index contributed by atoms with van der Waals surface area (Å²) in [5, 5.41) is 2.81. The molecule has 6 heteroatoms. The summed E-state index contributed by atoms with van der Waals surface area (Å²) in [6.45, 7) is 4.50. The Kier molecular flexibility index (Phi) is 8.76. The summed E-state index contributed by atoms with van der Waals surface area (Å²) in [5.74, 6) is 1.31. The maximum Gasteiger partial charge on any atom is 0.224 e. The number of ether oxygens (including phenoxy) is 2. The highest BCUT2D eigenvalue weighted by molar-refractivity contribution is 5.85. The number of carbonyl (C=O) groups is 1. The minimum atomic E-state index is -0.173. The molecule has 0 spiro atoms. The molecule has 1 aromatic carbocycles. The van der Waals surface area contributed by atoms with Crippen LogP contribution in [0.3, 0.4) is 0 Å². The van der Waals surface area contributed by atoms with Crippen LogP contribution >= 0.6 is 12.4 Å². The van der Waals surface area contributed by atoms with Gasteiger partial charge in [-0.05, 0) is 31.2 Å². The second-order valence-electron chi connectivity index (χ2n) is 4.49. The third-order valence-electron chi connectivity index (χ3n) is 2.76. The molecule has 1 amide bonds. The van der Waals surface area contributed by atoms with E-state index in [9.17, 15) is 4.79 Å². The first kappa shape index (κ1) is 18.5. The van der Waals surface area contributed by atoms with Crippen LogP contribution in [0.25, 0.3) is 0 Å². The van der Waals surface area contributed by atoms with E-state index in [1.165, 1.54) is 0 Å². The van der Waals surface area contributed by atoms with Crippen molar-refractivity contribution < 1.29 is 14.3 Å². The molecule has 3 N–H and O–H groups in total. The fourth-order valence-corrected chi connectivity index (χ4v) is 1.45. The second kappa shape index (κ2) is 9.44. The van der Waals surface area contributed by atoms with E-state index in [4.69, 9.17) is 15.2 Å². The van der Waals surface area contributed by atoms with Crippen molar-refractivity contribution in [1.82, 2.24) is 5.32 Å². The standard InChI is InChI=1S/C14H22N2O3.ClH/c1-10(8-15)14(17)16-9-11(2)19-13-6-4-12(18-3)5-7-13;/h4-7,10-11H,8-9,15H2,1-3H3,(H,16,17);1H. The van der Waals surface area contributed by atoms with Crippen molar-refractivity contribution >= 4 is 18.3 Å². The zero-order valence-electron chi connectivity index (χ0n) is 12.1. The lowest BCUT2D eigenvalue weighted by Gasteiger charge is -2.17. The first-order chi connectivity index (χ1) is 9.06. The van der Waals surface area contributed by atoms with Crippen LogP contribution in [0.1, 0.15) is 13.8 Å². The Balaban J connectivity index is 0.00000361. The number of carbonyl (C=O) groups excluding carboxylic acids is 1. The van der Waals surface area contributed by atoms with Crippen molar-refractivity contribution in [1.29, 1.82) is 0 Å². The van der Waals surface area contributed by atoms with Gasteiger partial charge in [-0.1, -0.05) is 6.92 Å². The van der Waals surface area contributed by atoms with Crippen molar-refractivity contribution in [2.24, 2.45) is 11.7 Å². The van der Waals surface area contributed by atoms with E-state index >= 15 is 0 Å². The summed E-state index contributed by atoms with van der Waals surface area (Å²) in [6.07, 6.45) is -0.109. The van der Waals surface area contributed by atoms with Gasteiger partial charge in [-0.2, -0.15) is 0 Å². The van der Waals surface area contributed by atoms with Gasteiger partial charge in [-0.25, -0.2) is 0 Å². The quantitative estimate of drug-likeness (QED) is 0.802. The van der Waals surface area contributed by atoms with Crippen molar-refractivity contribution in [3.8, 4) is 11.5 Å². The number of benzene rings is 1. The molecule has 2 atom stereocenters. The normalized spacial score (nSPS) is 12.8. The summed E-state index contributed by atoms with van der Waals surface area (Å²) >= 11 is 0. The lowest BCUT2D eigenvalue weighted by atomic mass is 10.1. The Hall–Kier alpha value is -1.46. The van der Waals surface area contributed by atoms with E-state index in [-0.39, 0.29) is 30.3 Å². The minimum absolute atomic E-state index is 0. The third-order valence-corrected chi connectivity index (χ3v) is 2.76. The highest BCUT2D eigenvalue weighted by atomic mass is 35.5. The van der Waals surface area contributed by atoms with Crippen molar-refractivity contribution in [3.63, 3.8) is 0 Å². The number of halogens is 1. The largest absolute Gasteiger partial charge is 0.497 e. The summed E-state index contributed by atoms with van der Waals surface area (Å²) in [7, 11) is 1.62. The van der Waals surface area contributed by atoms with Crippen LogP contribution in [0.4, 0.5) is 0 Å². The molecule has 1 aromatic rings. The highest BCUT2D eigenvalue weighted by Crippen LogP contribution is 2.17. The Bertz CT molecular complexity index is 398. The molecule has 0 aliphatic carbocycles. The zero-order valence-corrected chi connectivity index (χ0v) is 12.9. The highest BCUT2D eigenvalue weighted by Gasteiger charge is 2.12. The van der Waals surface area contributed by atoms with Crippen molar-refractivity contribution in [3.05, 3.63) is 24.3 Å². The molecule has 0 saturated heterocycles. The smallest absolute Gasteiger partial charge is 0.224 e. The number of hydrogen-bond acceptors (Lipinski definition) is 4. The lowest BCUT2D eigenvalue weighted by molar-refractivity contribution is -0.124. The number of methoxy groups -OCH3 is 1. The van der Waals surface area contributed by atoms with Gasteiger partial charge in [-0.15, -0.1) is 12.4 Å². The van der Waals surface area contributed by atoms with Crippen LogP contribution in [0, 0.1) is 5.92 Å². The summed E-state index contributed by atoms with van der Waals surface area (Å²) in [6, 6.07) is 7.33. The summed E-state index contributed by atoms with van der Waals surface area (Å²) in [5.41, 5.74) is 5.43. The number of nitrogens with one attached hydrogen (secondary N) is 1. The summed E-state index contributed by atoms with van der Waals surface area (Å²) < 4.78 is 10.7. The maximum atomic E-state index is 11.6. The molecule has 20 heavy (non-hydrogen) atoms. The van der Waals surface area contributed by atoms with E-state index in [2.05, 4.69) is 5.32 Å². The molecule has 1 rings (SSSR count). The van der Waals surface area contributed by atoms with E-state index in [0.29, 0.717) is 13.1 Å². The van der Waals surface area contributed by atoms with Crippen LogP contribution in [0.5, 0.6) is 11.5 Å². The second-order valence-corrected chi connectivity index (χ2v) is 4.49. The van der Waals surface area contributed by atoms with Gasteiger partial charge in [0, 0.05) is 12.5 Å². The fourth-order valence-electron chi connectivity index (χ4n) is 1.45. The average Bonchev–Trinajstić information content (AvgIpc) is 2.44. The van der Waals surface area contributed by atoms with Crippen LogP contribution in [0.15, 0.2) is 24.3 Å². The lowest BCUT2D eigenvalue weighted by Crippen LogP contribution is -2.38. The maximum absolute atomic E-state index is 11.6. The zero-order chi connectivity index (χ0) is 14.3. The molecule has 114 valence electrons. The number of nitrogens with two attached hydrogens (primary N) is 1. The molecular formula is C14H23ClN2O3. The van der Waals surface area contributed by atoms with Gasteiger partial charge in [-0.3, -0.25) is 4.79 Å². The van der Waals surface area contributed by atoms with Gasteiger partial charge in [0.05, 0.1) is 13.7 Å². The van der Waals surface area contributed by atoms with Gasteiger partial charge < -0.3 is 20.5 Å². The SMILES string of the molecule is COc1ccc(OC(C)CNC(=O)C(C)CN)cc1.Cl. The molecule has 0 radical (unpaired) electrons. The van der Waals surface area contributed by atoms with Gasteiger partial charge in [0.15, 0.2) is 0 Å². The average molecular weight is 303 g/mol. The van der Waals surface area contributed by atoms with E-state index < -0.39 is 0 Å². The number of amides is 1. The Morgan fingerprint density at radius 3 is 2.30 bits per heavy atom. The Morgan fingerprint density at radius 2 is 1.80 bits per heavy atom. The molecule has 0 heterocycles. The van der Waals surface area contributed by atoms with Crippen molar-refractivity contribution in [2.75, 3.05) is 20.2 Å². The van der Waals surface area contributed by atoms with E-state index in [0.717, 1.165) is 11.5 Å². The Labute approximate surface area is 126 Å². The molecule has 0 aliphatic rings. The van der Waals surface area contributed by atoms with Gasteiger partial charge >= 0.3 is 0 Å². The summed E-state index contributed by atoms with van der Waals surface area (Å²) in [4.78, 5) is 11.6. The van der Waals surface area contributed by atoms with Crippen LogP contribution in [-0.2, 0) is 4.79 Å². The number of rotatable bonds is 7. The topological polar surface area (TPSA) is 73.6 Å². The van der Waals surface area contributed by atoms with E-state index in [1.807, 2.05) is 31.2 Å². The number of hydrogen-bond donors (Lipinski definition) is 2. The van der Waals surface area contributed by atoms with Crippen LogP contribution in [-0.4, -0.2) is 32.2 Å². The van der Waals surface area contributed by atoms with Gasteiger partial charge in [0.25, 0.3) is 0 Å². The van der Waals surface area contributed by atoms with Crippen LogP contribution in [0.2, 0.25) is 0 Å². The van der Waals surface area contributed by atoms with E-state index in [1.54, 1.807) is 14.0 Å². The predicted molar refractivity (Wildman–Crippen MR) is 81.6 cm³/mol. The Morgan fingerprint density at radius 1 is 1.25 bits per heavy atom. The third kappa shape index (κ3) is 6.12. The first-order valence-corrected chi connectivity index (χ1v) is 6.35. The molecule has 0 saturated carbocycles. The minimum Gasteiger partial charge on any atom is -0.497 e. The molecule has 0 fully saturated rings. The fraction of sp³-hybridized carbons (Fsp3) is 0.500. The van der Waals surface area contributed by atoms with Gasteiger partial charge in [0.1, 0.15) is 17.6 Å². The molecule has 5 nitrogen and oxygen atoms in total. The van der Waals surface area contributed by atoms with Crippen molar-refractivity contribution in [2.45, 2.75) is 20.0 Å². The molecule has 2 unspecified atom stereocenters. The predicted octanol–water partition coefficient (Wildman–Crippen LogP) is 1.60. The van der Waals surface area contributed by atoms with Crippen LogP contribution < -0.4 is 20.5 Å². The first-order valence-electron chi connectivity index (χ1n) is 6.35.